The van der Waals surface area contributed by atoms with Crippen LogP contribution in [0.25, 0.3) is 11.0 Å². The molecule has 204 valence electrons. The van der Waals surface area contributed by atoms with Crippen LogP contribution in [0.3, 0.4) is 0 Å². The Hall–Kier alpha value is -1.32. The fourth-order valence-electron chi connectivity index (χ4n) is 3.27. The molecule has 1 fully saturated rings. The topological polar surface area (TPSA) is 202 Å². The maximum absolute atomic E-state index is 15.6. The first-order valence-electron chi connectivity index (χ1n) is 9.96. The number of rotatable bonds is 12. The Morgan fingerprint density at radius 2 is 1.67 bits per heavy atom. The van der Waals surface area contributed by atoms with Crippen molar-refractivity contribution in [3.05, 3.63) is 18.6 Å². The third-order valence-electron chi connectivity index (χ3n) is 5.20. The van der Waals surface area contributed by atoms with Gasteiger partial charge in [0.25, 0.3) is 0 Å². The SMILES string of the molecule is COP(=O)(OC)OP(=O)(OC)OP(=O)(OC)OC[C@H]1O[C@@H](n2ccc3c(N)ncnc32)[C@](C)(F)[C@@H]1O. The average Bonchev–Trinajstić information content (AvgIpc) is 3.37. The summed E-state index contributed by atoms with van der Waals surface area (Å²) in [6.45, 7) is 0.319. The highest BCUT2D eigenvalue weighted by Crippen LogP contribution is 2.72. The minimum atomic E-state index is -4.91. The first kappa shape index (κ1) is 29.2. The number of halogens is 1. The summed E-state index contributed by atoms with van der Waals surface area (Å²) < 4.78 is 93.1. The predicted molar refractivity (Wildman–Crippen MR) is 120 cm³/mol. The van der Waals surface area contributed by atoms with Gasteiger partial charge in [0.2, 0.25) is 0 Å². The number of nitrogens with zero attached hydrogens (tertiary/aromatic N) is 3. The lowest BCUT2D eigenvalue weighted by atomic mass is 9.98. The van der Waals surface area contributed by atoms with E-state index in [4.69, 9.17) is 19.3 Å². The molecule has 2 unspecified atom stereocenters. The van der Waals surface area contributed by atoms with Gasteiger partial charge < -0.3 is 20.1 Å². The smallest absolute Gasteiger partial charge is 0.387 e. The molecule has 6 atom stereocenters. The standard InChI is InChI=1S/C16H26FN4O12P3/c1-16(17)12(22)11(31-15(16)21-7-6-10-13(18)19-9-20-14(10)21)8-30-35(24,28-4)33-36(25,29-5)32-34(23,26-2)27-3/h6-7,9,11-12,15,22H,8H2,1-5H3,(H2,18,19,20)/t11-,12-,15-,16-,35?,36?/m1/s1. The van der Waals surface area contributed by atoms with Crippen molar-refractivity contribution in [3.63, 3.8) is 0 Å². The monoisotopic (exact) mass is 578 g/mol. The van der Waals surface area contributed by atoms with E-state index in [2.05, 4.69) is 32.4 Å². The maximum atomic E-state index is 15.6. The summed E-state index contributed by atoms with van der Waals surface area (Å²) in [7, 11) is -10.6. The van der Waals surface area contributed by atoms with Crippen LogP contribution in [0, 0.1) is 0 Å². The third kappa shape index (κ3) is 5.73. The zero-order chi connectivity index (χ0) is 26.9. The lowest BCUT2D eigenvalue weighted by Gasteiger charge is -2.25. The van der Waals surface area contributed by atoms with Crippen molar-refractivity contribution in [1.29, 1.82) is 0 Å². The van der Waals surface area contributed by atoms with Crippen molar-refractivity contribution in [2.24, 2.45) is 0 Å². The molecule has 3 N–H and O–H groups in total. The Morgan fingerprint density at radius 3 is 2.25 bits per heavy atom. The molecule has 0 radical (unpaired) electrons. The van der Waals surface area contributed by atoms with Crippen LogP contribution < -0.4 is 5.73 Å². The Kier molecular flexibility index (Phi) is 8.78. The van der Waals surface area contributed by atoms with Gasteiger partial charge in [0.15, 0.2) is 11.9 Å². The summed E-state index contributed by atoms with van der Waals surface area (Å²) in [6.07, 6.45) is -1.98. The maximum Gasteiger partial charge on any atom is 0.492 e. The fraction of sp³-hybridized carbons (Fsp3) is 0.625. The highest BCUT2D eigenvalue weighted by molar-refractivity contribution is 7.67. The lowest BCUT2D eigenvalue weighted by Crippen LogP contribution is -2.40. The van der Waals surface area contributed by atoms with Crippen molar-refractivity contribution in [2.45, 2.75) is 31.0 Å². The third-order valence-corrected chi connectivity index (χ3v) is 10.7. The molecule has 0 aliphatic carbocycles. The van der Waals surface area contributed by atoms with E-state index >= 15 is 4.39 Å². The van der Waals surface area contributed by atoms with E-state index in [1.807, 2.05) is 0 Å². The summed E-state index contributed by atoms with van der Waals surface area (Å²) in [4.78, 5) is 7.94. The van der Waals surface area contributed by atoms with Crippen molar-refractivity contribution in [2.75, 3.05) is 40.8 Å². The summed E-state index contributed by atoms with van der Waals surface area (Å²) in [5.74, 6) is 0.159. The molecule has 0 amide bonds. The van der Waals surface area contributed by atoms with E-state index in [0.717, 1.165) is 35.4 Å². The van der Waals surface area contributed by atoms with Gasteiger partial charge in [0.1, 0.15) is 30.0 Å². The molecule has 0 saturated carbocycles. The number of phosphoric ester groups is 2. The number of aromatic nitrogens is 3. The second-order valence-electron chi connectivity index (χ2n) is 7.37. The number of alkyl halides is 1. The number of fused-ring (bicyclic) bond motifs is 1. The van der Waals surface area contributed by atoms with Crippen LogP contribution in [0.15, 0.2) is 18.6 Å². The Morgan fingerprint density at radius 1 is 1.08 bits per heavy atom. The van der Waals surface area contributed by atoms with Gasteiger partial charge in [-0.15, -0.1) is 0 Å². The van der Waals surface area contributed by atoms with E-state index in [1.54, 1.807) is 6.07 Å². The largest absolute Gasteiger partial charge is 0.492 e. The van der Waals surface area contributed by atoms with Crippen LogP contribution in [0.4, 0.5) is 10.2 Å². The first-order chi connectivity index (χ1) is 16.8. The Bertz CT molecular complexity index is 1220. The zero-order valence-electron chi connectivity index (χ0n) is 19.7. The number of phosphoric acid groups is 3. The Balaban J connectivity index is 1.78. The van der Waals surface area contributed by atoms with Gasteiger partial charge in [0.05, 0.1) is 12.0 Å². The van der Waals surface area contributed by atoms with Crippen LogP contribution in [-0.4, -0.2) is 72.6 Å². The molecule has 0 aromatic carbocycles. The highest BCUT2D eigenvalue weighted by atomic mass is 31.3. The number of nitrogens with two attached hydrogens (primary N) is 1. The number of aliphatic hydroxyl groups is 1. The van der Waals surface area contributed by atoms with Crippen LogP contribution >= 0.6 is 23.5 Å². The Labute approximate surface area is 204 Å². The molecule has 16 nitrogen and oxygen atoms in total. The van der Waals surface area contributed by atoms with E-state index in [9.17, 15) is 18.8 Å². The molecule has 2 aromatic rings. The molecule has 1 saturated heterocycles. The van der Waals surface area contributed by atoms with Crippen molar-refractivity contribution < 1.29 is 59.2 Å². The van der Waals surface area contributed by atoms with Gasteiger partial charge in [-0.2, -0.15) is 8.62 Å². The zero-order valence-corrected chi connectivity index (χ0v) is 22.4. The first-order valence-corrected chi connectivity index (χ1v) is 14.3. The van der Waals surface area contributed by atoms with Gasteiger partial charge in [-0.3, -0.25) is 22.6 Å². The van der Waals surface area contributed by atoms with Crippen LogP contribution in [0.1, 0.15) is 13.2 Å². The molecule has 1 aliphatic rings. The molecule has 1 aliphatic heterocycles. The summed E-state index contributed by atoms with van der Waals surface area (Å²) >= 11 is 0. The average molecular weight is 578 g/mol. The second kappa shape index (κ2) is 10.8. The van der Waals surface area contributed by atoms with E-state index < -0.39 is 54.2 Å². The van der Waals surface area contributed by atoms with E-state index in [1.165, 1.54) is 17.1 Å². The van der Waals surface area contributed by atoms with E-state index in [0.29, 0.717) is 5.39 Å². The number of aliphatic hydroxyl groups excluding tert-OH is 1. The fourth-order valence-corrected chi connectivity index (χ4v) is 7.73. The van der Waals surface area contributed by atoms with Crippen molar-refractivity contribution in [1.82, 2.24) is 14.5 Å². The molecule has 20 heteroatoms. The summed E-state index contributed by atoms with van der Waals surface area (Å²) in [5.41, 5.74) is 3.68. The molecule has 0 spiro atoms. The number of hydrogen-bond donors (Lipinski definition) is 2. The predicted octanol–water partition coefficient (Wildman–Crippen LogP) is 2.96. The minimum absolute atomic E-state index is 0.159. The van der Waals surface area contributed by atoms with Gasteiger partial charge in [-0.1, -0.05) is 0 Å². The molecular formula is C16H26FN4O12P3. The molecule has 36 heavy (non-hydrogen) atoms. The summed E-state index contributed by atoms with van der Waals surface area (Å²) in [6, 6.07) is 1.55. The van der Waals surface area contributed by atoms with Gasteiger partial charge in [-0.05, 0) is 13.0 Å². The second-order valence-corrected chi connectivity index (χ2v) is 13.1. The highest BCUT2D eigenvalue weighted by Gasteiger charge is 2.56. The van der Waals surface area contributed by atoms with Crippen LogP contribution in [0.2, 0.25) is 0 Å². The molecule has 3 heterocycles. The van der Waals surface area contributed by atoms with Crippen molar-refractivity contribution in [3.8, 4) is 0 Å². The quantitative estimate of drug-likeness (QED) is 0.348. The minimum Gasteiger partial charge on any atom is -0.387 e. The van der Waals surface area contributed by atoms with E-state index in [-0.39, 0.29) is 11.5 Å². The van der Waals surface area contributed by atoms with Gasteiger partial charge in [-0.25, -0.2) is 28.1 Å². The number of nitrogen functional groups attached to an aromatic ring is 1. The lowest BCUT2D eigenvalue weighted by molar-refractivity contribution is -0.0561. The van der Waals surface area contributed by atoms with Crippen LogP contribution in [0.5, 0.6) is 0 Å². The number of ether oxygens (including phenoxy) is 1. The van der Waals surface area contributed by atoms with Crippen molar-refractivity contribution >= 4 is 40.3 Å². The molecular weight excluding hydrogens is 552 g/mol. The van der Waals surface area contributed by atoms with Gasteiger partial charge >= 0.3 is 23.5 Å². The number of hydrogen-bond acceptors (Lipinski definition) is 15. The van der Waals surface area contributed by atoms with Gasteiger partial charge in [0, 0.05) is 34.6 Å². The normalized spacial score (nSPS) is 28.2. The van der Waals surface area contributed by atoms with Crippen LogP contribution in [-0.2, 0) is 49.7 Å². The molecule has 2 aromatic heterocycles. The summed E-state index contributed by atoms with van der Waals surface area (Å²) in [5, 5.41) is 11.0. The molecule has 0 bridgehead atoms. The molecule has 3 rings (SSSR count). The number of anilines is 1.